The van der Waals surface area contributed by atoms with Crippen molar-refractivity contribution < 1.29 is 9.59 Å². The maximum absolute atomic E-state index is 12.2. The van der Waals surface area contributed by atoms with Crippen molar-refractivity contribution in [3.8, 4) is 0 Å². The Balaban J connectivity index is 1.74. The van der Waals surface area contributed by atoms with Crippen molar-refractivity contribution in [2.24, 2.45) is 0 Å². The molecule has 3 N–H and O–H groups in total. The van der Waals surface area contributed by atoms with Gasteiger partial charge in [0.2, 0.25) is 5.91 Å². The van der Waals surface area contributed by atoms with Crippen molar-refractivity contribution in [1.82, 2.24) is 9.97 Å². The number of imidazole rings is 1. The molecule has 0 radical (unpaired) electrons. The summed E-state index contributed by atoms with van der Waals surface area (Å²) in [4.78, 5) is 30.3. The van der Waals surface area contributed by atoms with Gasteiger partial charge in [0.15, 0.2) is 0 Å². The fourth-order valence-electron chi connectivity index (χ4n) is 2.12. The van der Waals surface area contributed by atoms with Crippen molar-refractivity contribution >= 4 is 34.2 Å². The molecule has 1 aromatic heterocycles. The lowest BCUT2D eigenvalue weighted by molar-refractivity contribution is -0.114. The summed E-state index contributed by atoms with van der Waals surface area (Å²) >= 11 is 0. The Morgan fingerprint density at radius 2 is 1.68 bits per heavy atom. The van der Waals surface area contributed by atoms with Crippen LogP contribution in [0.15, 0.2) is 48.8 Å². The number of carbonyl (C=O) groups excluding carboxylic acids is 2. The van der Waals surface area contributed by atoms with Crippen molar-refractivity contribution in [3.63, 3.8) is 0 Å². The Bertz CT molecular complexity index is 837. The van der Waals surface area contributed by atoms with Crippen LogP contribution in [0.25, 0.3) is 11.0 Å². The molecule has 6 nitrogen and oxygen atoms in total. The molecule has 0 aliphatic rings. The fourth-order valence-corrected chi connectivity index (χ4v) is 2.12. The van der Waals surface area contributed by atoms with Crippen molar-refractivity contribution in [2.75, 3.05) is 10.6 Å². The third kappa shape index (κ3) is 2.95. The molecule has 0 spiro atoms. The number of aromatic amines is 1. The highest BCUT2D eigenvalue weighted by atomic mass is 16.2. The second kappa shape index (κ2) is 5.69. The van der Waals surface area contributed by atoms with Crippen LogP contribution in [0, 0.1) is 0 Å². The van der Waals surface area contributed by atoms with Crippen LogP contribution in [0.2, 0.25) is 0 Å². The van der Waals surface area contributed by atoms with E-state index >= 15 is 0 Å². The van der Waals surface area contributed by atoms with Crippen LogP contribution < -0.4 is 10.6 Å². The van der Waals surface area contributed by atoms with Crippen LogP contribution in [-0.4, -0.2) is 21.8 Å². The molecule has 110 valence electrons. The van der Waals surface area contributed by atoms with E-state index in [2.05, 4.69) is 20.6 Å². The van der Waals surface area contributed by atoms with Gasteiger partial charge in [-0.3, -0.25) is 9.59 Å². The number of aromatic nitrogens is 2. The van der Waals surface area contributed by atoms with Gasteiger partial charge in [0, 0.05) is 23.9 Å². The maximum atomic E-state index is 12.2. The molecule has 3 rings (SSSR count). The SMILES string of the molecule is CC(=O)Nc1ccc(NC(=O)c2ccc3nc[nH]c3c2)cc1. The molecular formula is C16H14N4O2. The average Bonchev–Trinajstić information content (AvgIpc) is 2.96. The van der Waals surface area contributed by atoms with Crippen LogP contribution in [0.5, 0.6) is 0 Å². The number of fused-ring (bicyclic) bond motifs is 1. The van der Waals surface area contributed by atoms with Gasteiger partial charge in [-0.2, -0.15) is 0 Å². The average molecular weight is 294 g/mol. The molecule has 3 aromatic rings. The highest BCUT2D eigenvalue weighted by Gasteiger charge is 2.08. The number of benzene rings is 2. The van der Waals surface area contributed by atoms with E-state index in [1.54, 1.807) is 48.8 Å². The van der Waals surface area contributed by atoms with E-state index in [1.165, 1.54) is 6.92 Å². The molecule has 0 fully saturated rings. The van der Waals surface area contributed by atoms with Gasteiger partial charge >= 0.3 is 0 Å². The van der Waals surface area contributed by atoms with E-state index in [0.29, 0.717) is 16.9 Å². The Morgan fingerprint density at radius 1 is 1.00 bits per heavy atom. The topological polar surface area (TPSA) is 86.9 Å². The highest BCUT2D eigenvalue weighted by Crippen LogP contribution is 2.16. The predicted octanol–water partition coefficient (Wildman–Crippen LogP) is 2.77. The molecule has 0 saturated carbocycles. The maximum Gasteiger partial charge on any atom is 0.255 e. The van der Waals surface area contributed by atoms with Crippen LogP contribution in [-0.2, 0) is 4.79 Å². The zero-order valence-electron chi connectivity index (χ0n) is 11.9. The van der Waals surface area contributed by atoms with Gasteiger partial charge in [-0.25, -0.2) is 4.98 Å². The van der Waals surface area contributed by atoms with Crippen molar-refractivity contribution in [1.29, 1.82) is 0 Å². The molecule has 22 heavy (non-hydrogen) atoms. The number of hydrogen-bond acceptors (Lipinski definition) is 3. The normalized spacial score (nSPS) is 10.4. The van der Waals surface area contributed by atoms with Crippen LogP contribution in [0.1, 0.15) is 17.3 Å². The number of amides is 2. The molecule has 0 unspecified atom stereocenters. The second-order valence-electron chi connectivity index (χ2n) is 4.85. The monoisotopic (exact) mass is 294 g/mol. The molecule has 0 atom stereocenters. The molecule has 1 heterocycles. The highest BCUT2D eigenvalue weighted by molar-refractivity contribution is 6.06. The largest absolute Gasteiger partial charge is 0.345 e. The quantitative estimate of drug-likeness (QED) is 0.694. The van der Waals surface area contributed by atoms with E-state index in [4.69, 9.17) is 0 Å². The molecule has 0 aliphatic carbocycles. The number of rotatable bonds is 3. The van der Waals surface area contributed by atoms with Gasteiger partial charge in [0.1, 0.15) is 0 Å². The van der Waals surface area contributed by atoms with E-state index in [0.717, 1.165) is 11.0 Å². The molecule has 0 aliphatic heterocycles. The Labute approximate surface area is 126 Å². The zero-order valence-corrected chi connectivity index (χ0v) is 11.9. The van der Waals surface area contributed by atoms with Gasteiger partial charge < -0.3 is 15.6 Å². The number of nitrogens with one attached hydrogen (secondary N) is 3. The first-order valence-corrected chi connectivity index (χ1v) is 6.74. The van der Waals surface area contributed by atoms with E-state index < -0.39 is 0 Å². The van der Waals surface area contributed by atoms with E-state index in [-0.39, 0.29) is 11.8 Å². The van der Waals surface area contributed by atoms with E-state index in [1.807, 2.05) is 0 Å². The third-order valence-corrected chi connectivity index (χ3v) is 3.15. The Morgan fingerprint density at radius 3 is 2.36 bits per heavy atom. The first-order valence-electron chi connectivity index (χ1n) is 6.74. The van der Waals surface area contributed by atoms with Gasteiger partial charge in [-0.05, 0) is 42.5 Å². The van der Waals surface area contributed by atoms with Crippen LogP contribution in [0.4, 0.5) is 11.4 Å². The number of nitrogens with zero attached hydrogens (tertiary/aromatic N) is 1. The van der Waals surface area contributed by atoms with Gasteiger partial charge in [-0.15, -0.1) is 0 Å². The van der Waals surface area contributed by atoms with Gasteiger partial charge in [0.05, 0.1) is 17.4 Å². The lowest BCUT2D eigenvalue weighted by atomic mass is 10.2. The minimum absolute atomic E-state index is 0.135. The second-order valence-corrected chi connectivity index (χ2v) is 4.85. The number of anilines is 2. The zero-order chi connectivity index (χ0) is 15.5. The fraction of sp³-hybridized carbons (Fsp3) is 0.0625. The number of hydrogen-bond donors (Lipinski definition) is 3. The smallest absolute Gasteiger partial charge is 0.255 e. The number of H-pyrrole nitrogens is 1. The van der Waals surface area contributed by atoms with Crippen LogP contribution in [0.3, 0.4) is 0 Å². The third-order valence-electron chi connectivity index (χ3n) is 3.15. The Kier molecular flexibility index (Phi) is 3.57. The minimum atomic E-state index is -0.205. The summed E-state index contributed by atoms with van der Waals surface area (Å²) in [7, 11) is 0. The molecular weight excluding hydrogens is 280 g/mol. The van der Waals surface area contributed by atoms with E-state index in [9.17, 15) is 9.59 Å². The van der Waals surface area contributed by atoms with Crippen molar-refractivity contribution in [3.05, 3.63) is 54.4 Å². The molecule has 2 aromatic carbocycles. The summed E-state index contributed by atoms with van der Waals surface area (Å²) < 4.78 is 0. The minimum Gasteiger partial charge on any atom is -0.345 e. The first kappa shape index (κ1) is 13.8. The standard InChI is InChI=1S/C16H14N4O2/c1-10(21)19-12-3-5-13(6-4-12)20-16(22)11-2-7-14-15(8-11)18-9-17-14/h2-9H,1H3,(H,17,18)(H,19,21)(H,20,22). The Hall–Kier alpha value is -3.15. The van der Waals surface area contributed by atoms with Gasteiger partial charge in [0.25, 0.3) is 5.91 Å². The molecule has 2 amide bonds. The summed E-state index contributed by atoms with van der Waals surface area (Å²) in [6, 6.07) is 12.2. The van der Waals surface area contributed by atoms with Crippen LogP contribution >= 0.6 is 0 Å². The number of carbonyl (C=O) groups is 2. The lowest BCUT2D eigenvalue weighted by Crippen LogP contribution is -2.12. The molecule has 0 bridgehead atoms. The molecule has 0 saturated heterocycles. The molecule has 6 heteroatoms. The van der Waals surface area contributed by atoms with Gasteiger partial charge in [-0.1, -0.05) is 0 Å². The summed E-state index contributed by atoms with van der Waals surface area (Å²) in [5, 5.41) is 5.48. The summed E-state index contributed by atoms with van der Waals surface area (Å²) in [5.41, 5.74) is 3.51. The first-order chi connectivity index (χ1) is 10.6. The predicted molar refractivity (Wildman–Crippen MR) is 84.8 cm³/mol. The summed E-state index contributed by atoms with van der Waals surface area (Å²) in [6.45, 7) is 1.45. The lowest BCUT2D eigenvalue weighted by Gasteiger charge is -2.07. The van der Waals surface area contributed by atoms with Crippen molar-refractivity contribution in [2.45, 2.75) is 6.92 Å². The summed E-state index contributed by atoms with van der Waals surface area (Å²) in [6.07, 6.45) is 1.59. The summed E-state index contributed by atoms with van der Waals surface area (Å²) in [5.74, 6) is -0.339.